The van der Waals surface area contributed by atoms with E-state index >= 15 is 0 Å². The topological polar surface area (TPSA) is 54.7 Å². The highest BCUT2D eigenvalue weighted by atomic mass is 15.0. The zero-order valence-corrected chi connectivity index (χ0v) is 8.77. The van der Waals surface area contributed by atoms with Crippen LogP contribution in [0.1, 0.15) is 25.2 Å². The van der Waals surface area contributed by atoms with Gasteiger partial charge in [0.25, 0.3) is 0 Å². The van der Waals surface area contributed by atoms with Gasteiger partial charge in [-0.3, -0.25) is 0 Å². The summed E-state index contributed by atoms with van der Waals surface area (Å²) in [5.74, 6) is 0.858. The van der Waals surface area contributed by atoms with E-state index < -0.39 is 0 Å². The van der Waals surface area contributed by atoms with Gasteiger partial charge in [0.05, 0.1) is 17.9 Å². The number of imidazole rings is 1. The van der Waals surface area contributed by atoms with Gasteiger partial charge in [-0.05, 0) is 12.0 Å². The first-order valence-electron chi connectivity index (χ1n) is 5.17. The molecule has 2 aromatic rings. The summed E-state index contributed by atoms with van der Waals surface area (Å²) in [6.07, 6.45) is 2.72. The standard InChI is InChI=1S/C12H15N3/c1-2-10(13)12-14-8-11(15-12)9-6-4-3-5-7-9/h3-8,10H,2,13H2,1H3,(H,14,15)/t10-/m1/s1. The van der Waals surface area contributed by atoms with Crippen molar-refractivity contribution in [2.24, 2.45) is 5.73 Å². The number of hydrogen-bond donors (Lipinski definition) is 2. The van der Waals surface area contributed by atoms with Crippen LogP contribution in [0.3, 0.4) is 0 Å². The predicted molar refractivity (Wildman–Crippen MR) is 61.2 cm³/mol. The second-order valence-electron chi connectivity index (χ2n) is 3.56. The lowest BCUT2D eigenvalue weighted by Gasteiger charge is -2.03. The molecule has 0 saturated carbocycles. The zero-order chi connectivity index (χ0) is 10.7. The van der Waals surface area contributed by atoms with Crippen molar-refractivity contribution in [2.75, 3.05) is 0 Å². The molecule has 0 aliphatic rings. The zero-order valence-electron chi connectivity index (χ0n) is 8.77. The van der Waals surface area contributed by atoms with Crippen LogP contribution in [-0.4, -0.2) is 9.97 Å². The van der Waals surface area contributed by atoms with Crippen molar-refractivity contribution in [3.8, 4) is 11.3 Å². The highest BCUT2D eigenvalue weighted by molar-refractivity contribution is 5.58. The van der Waals surface area contributed by atoms with E-state index in [2.05, 4.69) is 29.0 Å². The Morgan fingerprint density at radius 2 is 2.07 bits per heavy atom. The molecule has 0 spiro atoms. The average Bonchev–Trinajstić information content (AvgIpc) is 2.78. The van der Waals surface area contributed by atoms with Crippen LogP contribution in [0, 0.1) is 0 Å². The molecule has 3 N–H and O–H groups in total. The lowest BCUT2D eigenvalue weighted by molar-refractivity contribution is 0.658. The summed E-state index contributed by atoms with van der Waals surface area (Å²) >= 11 is 0. The Balaban J connectivity index is 2.28. The maximum Gasteiger partial charge on any atom is 0.123 e. The van der Waals surface area contributed by atoms with Crippen LogP contribution in [0.25, 0.3) is 11.3 Å². The van der Waals surface area contributed by atoms with Gasteiger partial charge in [-0.2, -0.15) is 0 Å². The summed E-state index contributed by atoms with van der Waals surface area (Å²) in [7, 11) is 0. The predicted octanol–water partition coefficient (Wildman–Crippen LogP) is 2.49. The Kier molecular flexibility index (Phi) is 2.83. The van der Waals surface area contributed by atoms with Gasteiger partial charge in [0, 0.05) is 0 Å². The molecule has 15 heavy (non-hydrogen) atoms. The van der Waals surface area contributed by atoms with Crippen LogP contribution in [0.5, 0.6) is 0 Å². The molecule has 0 aliphatic heterocycles. The minimum Gasteiger partial charge on any atom is -0.341 e. The average molecular weight is 201 g/mol. The van der Waals surface area contributed by atoms with Crippen LogP contribution in [0.15, 0.2) is 36.5 Å². The Morgan fingerprint density at radius 3 is 2.73 bits per heavy atom. The smallest absolute Gasteiger partial charge is 0.123 e. The molecule has 3 nitrogen and oxygen atoms in total. The van der Waals surface area contributed by atoms with Gasteiger partial charge in [0.2, 0.25) is 0 Å². The first-order valence-corrected chi connectivity index (χ1v) is 5.17. The molecule has 0 bridgehead atoms. The molecule has 0 unspecified atom stereocenters. The fourth-order valence-corrected chi connectivity index (χ4v) is 1.48. The number of nitrogens with zero attached hydrogens (tertiary/aromatic N) is 1. The maximum atomic E-state index is 5.89. The summed E-state index contributed by atoms with van der Waals surface area (Å²) in [4.78, 5) is 7.53. The van der Waals surface area contributed by atoms with Crippen LogP contribution in [0.2, 0.25) is 0 Å². The normalized spacial score (nSPS) is 12.7. The van der Waals surface area contributed by atoms with Crippen LogP contribution < -0.4 is 5.73 Å². The van der Waals surface area contributed by atoms with Crippen molar-refractivity contribution in [1.82, 2.24) is 9.97 Å². The van der Waals surface area contributed by atoms with Crippen molar-refractivity contribution in [1.29, 1.82) is 0 Å². The monoisotopic (exact) mass is 201 g/mol. The number of nitrogens with one attached hydrogen (secondary N) is 1. The third-order valence-electron chi connectivity index (χ3n) is 2.47. The molecule has 0 saturated heterocycles. The maximum absolute atomic E-state index is 5.89. The Hall–Kier alpha value is -1.61. The molecule has 0 fully saturated rings. The van der Waals surface area contributed by atoms with Gasteiger partial charge < -0.3 is 10.7 Å². The molecule has 1 aromatic heterocycles. The van der Waals surface area contributed by atoms with E-state index in [9.17, 15) is 0 Å². The molecule has 0 aliphatic carbocycles. The molecule has 78 valence electrons. The molecular formula is C12H15N3. The van der Waals surface area contributed by atoms with Gasteiger partial charge in [-0.15, -0.1) is 0 Å². The van der Waals surface area contributed by atoms with Crippen LogP contribution in [-0.2, 0) is 0 Å². The summed E-state index contributed by atoms with van der Waals surface area (Å²) in [5, 5.41) is 0. The van der Waals surface area contributed by atoms with E-state index in [0.717, 1.165) is 23.5 Å². The number of nitrogens with two attached hydrogens (primary N) is 1. The first kappa shape index (κ1) is 9.93. The largest absolute Gasteiger partial charge is 0.341 e. The van der Waals surface area contributed by atoms with Crippen molar-refractivity contribution < 1.29 is 0 Å². The van der Waals surface area contributed by atoms with E-state index in [1.807, 2.05) is 24.4 Å². The van der Waals surface area contributed by atoms with Crippen molar-refractivity contribution in [3.05, 3.63) is 42.4 Å². The second-order valence-corrected chi connectivity index (χ2v) is 3.56. The van der Waals surface area contributed by atoms with Gasteiger partial charge in [-0.1, -0.05) is 37.3 Å². The Bertz CT molecular complexity index is 419. The Morgan fingerprint density at radius 1 is 1.33 bits per heavy atom. The van der Waals surface area contributed by atoms with Gasteiger partial charge in [-0.25, -0.2) is 4.98 Å². The number of hydrogen-bond acceptors (Lipinski definition) is 2. The minimum absolute atomic E-state index is 0.00228. The van der Waals surface area contributed by atoms with E-state index in [4.69, 9.17) is 5.73 Å². The minimum atomic E-state index is 0.00228. The fourth-order valence-electron chi connectivity index (χ4n) is 1.48. The van der Waals surface area contributed by atoms with Gasteiger partial charge in [0.15, 0.2) is 0 Å². The molecule has 1 heterocycles. The number of aromatic amines is 1. The molecule has 1 atom stereocenters. The van der Waals surface area contributed by atoms with Crippen LogP contribution in [0.4, 0.5) is 0 Å². The van der Waals surface area contributed by atoms with Crippen molar-refractivity contribution in [2.45, 2.75) is 19.4 Å². The fraction of sp³-hybridized carbons (Fsp3) is 0.250. The molecule has 1 aromatic carbocycles. The summed E-state index contributed by atoms with van der Waals surface area (Å²) < 4.78 is 0. The highest BCUT2D eigenvalue weighted by Gasteiger charge is 2.08. The number of benzene rings is 1. The number of rotatable bonds is 3. The lowest BCUT2D eigenvalue weighted by Crippen LogP contribution is -2.10. The molecule has 2 rings (SSSR count). The summed E-state index contributed by atoms with van der Waals surface area (Å²) in [6.45, 7) is 2.05. The molecule has 0 amide bonds. The van der Waals surface area contributed by atoms with Crippen molar-refractivity contribution in [3.63, 3.8) is 0 Å². The Labute approximate surface area is 89.4 Å². The van der Waals surface area contributed by atoms with E-state index in [0.29, 0.717) is 0 Å². The van der Waals surface area contributed by atoms with Gasteiger partial charge >= 0.3 is 0 Å². The SMILES string of the molecule is CC[C@@H](N)c1ncc(-c2ccccc2)[nH]1. The first-order chi connectivity index (χ1) is 7.31. The third kappa shape index (κ3) is 2.07. The molecule has 3 heteroatoms. The van der Waals surface area contributed by atoms with E-state index in [-0.39, 0.29) is 6.04 Å². The second kappa shape index (κ2) is 4.28. The summed E-state index contributed by atoms with van der Waals surface area (Å²) in [5.41, 5.74) is 8.05. The molecule has 0 radical (unpaired) electrons. The quantitative estimate of drug-likeness (QED) is 0.801. The molecular weight excluding hydrogens is 186 g/mol. The van der Waals surface area contributed by atoms with E-state index in [1.54, 1.807) is 0 Å². The van der Waals surface area contributed by atoms with Gasteiger partial charge in [0.1, 0.15) is 5.82 Å². The number of aromatic nitrogens is 2. The highest BCUT2D eigenvalue weighted by Crippen LogP contribution is 2.18. The third-order valence-corrected chi connectivity index (χ3v) is 2.47. The van der Waals surface area contributed by atoms with Crippen molar-refractivity contribution >= 4 is 0 Å². The van der Waals surface area contributed by atoms with Crippen LogP contribution >= 0.6 is 0 Å². The van der Waals surface area contributed by atoms with E-state index in [1.165, 1.54) is 0 Å². The summed E-state index contributed by atoms with van der Waals surface area (Å²) in [6, 6.07) is 10.1. The lowest BCUT2D eigenvalue weighted by atomic mass is 10.2. The number of H-pyrrole nitrogens is 1.